The quantitative estimate of drug-likeness (QED) is 0.709. The average Bonchev–Trinajstić information content (AvgIpc) is 2.59. The highest BCUT2D eigenvalue weighted by Crippen LogP contribution is 2.30. The average molecular weight is 362 g/mol. The van der Waals surface area contributed by atoms with Crippen LogP contribution in [0.2, 0.25) is 0 Å². The summed E-state index contributed by atoms with van der Waals surface area (Å²) in [5, 5.41) is 0. The number of allylic oxidation sites excluding steroid dienone is 2. The number of hydrogen-bond donors (Lipinski definition) is 0. The Morgan fingerprint density at radius 2 is 1.42 bits per heavy atom. The van der Waals surface area contributed by atoms with Crippen molar-refractivity contribution in [2.75, 3.05) is 39.3 Å². The van der Waals surface area contributed by atoms with Crippen molar-refractivity contribution in [2.45, 2.75) is 85.2 Å². The van der Waals surface area contributed by atoms with Crippen molar-refractivity contribution in [2.24, 2.45) is 11.3 Å². The lowest BCUT2D eigenvalue weighted by molar-refractivity contribution is 0.0103. The highest BCUT2D eigenvalue weighted by atomic mass is 15.3. The van der Waals surface area contributed by atoms with Gasteiger partial charge in [0, 0.05) is 44.0 Å². The maximum Gasteiger partial charge on any atom is 0.0189 e. The molecule has 0 radical (unpaired) electrons. The molecular formula is C23H43N3. The molecule has 0 amide bonds. The van der Waals surface area contributed by atoms with Crippen LogP contribution in [0, 0.1) is 11.3 Å². The van der Waals surface area contributed by atoms with Gasteiger partial charge in [0.15, 0.2) is 0 Å². The Labute approximate surface area is 162 Å². The molecule has 3 aliphatic heterocycles. The largest absolute Gasteiger partial charge is 0.375 e. The molecule has 0 atom stereocenters. The van der Waals surface area contributed by atoms with E-state index >= 15 is 0 Å². The zero-order valence-electron chi connectivity index (χ0n) is 18.1. The molecule has 0 aromatic rings. The van der Waals surface area contributed by atoms with Crippen molar-refractivity contribution in [3.05, 3.63) is 11.8 Å². The third-order valence-electron chi connectivity index (χ3n) is 6.96. The summed E-state index contributed by atoms with van der Waals surface area (Å²) in [7, 11) is 0. The number of likely N-dealkylation sites (tertiary alicyclic amines) is 3. The van der Waals surface area contributed by atoms with Gasteiger partial charge in [-0.15, -0.1) is 0 Å². The summed E-state index contributed by atoms with van der Waals surface area (Å²) in [6.07, 6.45) is 10.4. The van der Waals surface area contributed by atoms with Gasteiger partial charge in [-0.25, -0.2) is 0 Å². The molecule has 0 aromatic heterocycles. The first-order chi connectivity index (χ1) is 12.4. The number of nitrogens with zero attached hydrogens (tertiary/aromatic N) is 3. The number of rotatable bonds is 5. The lowest BCUT2D eigenvalue weighted by atomic mass is 9.89. The van der Waals surface area contributed by atoms with Crippen LogP contribution in [0.1, 0.15) is 73.1 Å². The highest BCUT2D eigenvalue weighted by Gasteiger charge is 2.34. The van der Waals surface area contributed by atoms with Gasteiger partial charge in [0.2, 0.25) is 0 Å². The molecule has 3 aliphatic rings. The monoisotopic (exact) mass is 361 g/mol. The Bertz CT molecular complexity index is 456. The van der Waals surface area contributed by atoms with E-state index in [0.717, 1.165) is 18.0 Å². The van der Waals surface area contributed by atoms with Gasteiger partial charge in [-0.1, -0.05) is 33.8 Å². The van der Waals surface area contributed by atoms with Gasteiger partial charge in [0.05, 0.1) is 0 Å². The summed E-state index contributed by atoms with van der Waals surface area (Å²) in [4.78, 5) is 8.23. The van der Waals surface area contributed by atoms with Crippen LogP contribution < -0.4 is 0 Å². The number of hydrogen-bond acceptors (Lipinski definition) is 3. The molecule has 26 heavy (non-hydrogen) atoms. The van der Waals surface area contributed by atoms with Crippen LogP contribution in [0.25, 0.3) is 0 Å². The first-order valence-corrected chi connectivity index (χ1v) is 11.2. The minimum Gasteiger partial charge on any atom is -0.375 e. The summed E-state index contributed by atoms with van der Waals surface area (Å²) in [6, 6.07) is 1.72. The molecule has 3 nitrogen and oxygen atoms in total. The summed E-state index contributed by atoms with van der Waals surface area (Å²) in [6.45, 7) is 19.6. The van der Waals surface area contributed by atoms with Crippen molar-refractivity contribution in [3.63, 3.8) is 0 Å². The standard InChI is InChI=1S/C23H43N3/c1-6-20(7-12-23(3,4)5)24-13-8-21(9-14-24)25-15-10-22(11-16-25)26-17-19(2)18-26/h6,19,21-22H,7-18H2,1-5H3/b20-6+. The van der Waals surface area contributed by atoms with Crippen molar-refractivity contribution in [3.8, 4) is 0 Å². The van der Waals surface area contributed by atoms with Crippen LogP contribution >= 0.6 is 0 Å². The molecule has 0 N–H and O–H groups in total. The second kappa shape index (κ2) is 8.65. The molecule has 3 heteroatoms. The third-order valence-corrected chi connectivity index (χ3v) is 6.96. The van der Waals surface area contributed by atoms with Gasteiger partial charge >= 0.3 is 0 Å². The van der Waals surface area contributed by atoms with E-state index < -0.39 is 0 Å². The first-order valence-electron chi connectivity index (χ1n) is 11.2. The molecule has 0 spiro atoms. The fraction of sp³-hybridized carbons (Fsp3) is 0.913. The van der Waals surface area contributed by atoms with Gasteiger partial charge in [-0.2, -0.15) is 0 Å². The van der Waals surface area contributed by atoms with Gasteiger partial charge in [-0.05, 0) is 69.9 Å². The van der Waals surface area contributed by atoms with Gasteiger partial charge in [-0.3, -0.25) is 4.90 Å². The molecule has 3 fully saturated rings. The van der Waals surface area contributed by atoms with Crippen molar-refractivity contribution < 1.29 is 0 Å². The zero-order chi connectivity index (χ0) is 18.7. The zero-order valence-corrected chi connectivity index (χ0v) is 18.1. The second-order valence-electron chi connectivity index (χ2n) is 10.4. The molecule has 0 saturated carbocycles. The Morgan fingerprint density at radius 1 is 0.885 bits per heavy atom. The molecule has 3 rings (SSSR count). The fourth-order valence-corrected chi connectivity index (χ4v) is 5.17. The van der Waals surface area contributed by atoms with E-state index in [1.54, 1.807) is 5.70 Å². The van der Waals surface area contributed by atoms with E-state index in [0.29, 0.717) is 5.41 Å². The molecule has 0 aromatic carbocycles. The van der Waals surface area contributed by atoms with E-state index in [4.69, 9.17) is 0 Å². The predicted octanol–water partition coefficient (Wildman–Crippen LogP) is 4.60. The molecule has 0 unspecified atom stereocenters. The summed E-state index contributed by atoms with van der Waals surface area (Å²) < 4.78 is 0. The predicted molar refractivity (Wildman–Crippen MR) is 112 cm³/mol. The van der Waals surface area contributed by atoms with E-state index in [-0.39, 0.29) is 0 Å². The first kappa shape index (κ1) is 20.2. The smallest absolute Gasteiger partial charge is 0.0189 e. The van der Waals surface area contributed by atoms with Crippen LogP contribution in [-0.2, 0) is 0 Å². The van der Waals surface area contributed by atoms with Gasteiger partial charge in [0.25, 0.3) is 0 Å². The van der Waals surface area contributed by atoms with Crippen LogP contribution in [0.5, 0.6) is 0 Å². The third kappa shape index (κ3) is 5.25. The van der Waals surface area contributed by atoms with Crippen LogP contribution in [0.4, 0.5) is 0 Å². The molecule has 3 heterocycles. The van der Waals surface area contributed by atoms with E-state index in [2.05, 4.69) is 55.4 Å². The van der Waals surface area contributed by atoms with Crippen molar-refractivity contribution >= 4 is 0 Å². The van der Waals surface area contributed by atoms with Crippen LogP contribution in [0.15, 0.2) is 11.8 Å². The van der Waals surface area contributed by atoms with Crippen molar-refractivity contribution in [1.29, 1.82) is 0 Å². The minimum atomic E-state index is 0.436. The van der Waals surface area contributed by atoms with Gasteiger partial charge < -0.3 is 9.80 Å². The SMILES string of the molecule is C/C=C(\CCC(C)(C)C)N1CCC(N2CCC(N3CC(C)C3)CC2)CC1. The second-order valence-corrected chi connectivity index (χ2v) is 10.4. The fourth-order valence-electron chi connectivity index (χ4n) is 5.17. The summed E-state index contributed by atoms with van der Waals surface area (Å²) in [5.74, 6) is 0.941. The topological polar surface area (TPSA) is 9.72 Å². The molecule has 0 aliphatic carbocycles. The minimum absolute atomic E-state index is 0.436. The van der Waals surface area contributed by atoms with Crippen LogP contribution in [0.3, 0.4) is 0 Å². The maximum atomic E-state index is 2.82. The van der Waals surface area contributed by atoms with Crippen LogP contribution in [-0.4, -0.2) is 66.1 Å². The van der Waals surface area contributed by atoms with E-state index in [1.165, 1.54) is 77.8 Å². The Kier molecular flexibility index (Phi) is 6.72. The van der Waals surface area contributed by atoms with E-state index in [1.807, 2.05) is 0 Å². The number of piperidine rings is 2. The van der Waals surface area contributed by atoms with Crippen molar-refractivity contribution in [1.82, 2.24) is 14.7 Å². The summed E-state index contributed by atoms with van der Waals surface area (Å²) >= 11 is 0. The maximum absolute atomic E-state index is 2.82. The molecule has 3 saturated heterocycles. The Hall–Kier alpha value is -0.540. The Balaban J connectivity index is 1.40. The molecule has 0 bridgehead atoms. The highest BCUT2D eigenvalue weighted by molar-refractivity contribution is 5.03. The summed E-state index contributed by atoms with van der Waals surface area (Å²) in [5.41, 5.74) is 2.02. The lowest BCUT2D eigenvalue weighted by Crippen LogP contribution is -2.56. The Morgan fingerprint density at radius 3 is 1.92 bits per heavy atom. The van der Waals surface area contributed by atoms with E-state index in [9.17, 15) is 0 Å². The lowest BCUT2D eigenvalue weighted by Gasteiger charge is -2.48. The molecular weight excluding hydrogens is 318 g/mol. The molecule has 150 valence electrons. The van der Waals surface area contributed by atoms with Gasteiger partial charge in [0.1, 0.15) is 0 Å². The normalized spacial score (nSPS) is 26.3.